The van der Waals surface area contributed by atoms with Crippen LogP contribution in [0.1, 0.15) is 58.7 Å². The highest BCUT2D eigenvalue weighted by molar-refractivity contribution is 9.10. The van der Waals surface area contributed by atoms with E-state index in [1.807, 2.05) is 43.3 Å². The average molecular weight is 434 g/mol. The van der Waals surface area contributed by atoms with Crippen LogP contribution in [0.5, 0.6) is 11.5 Å². The second-order valence-electron chi connectivity index (χ2n) is 8.07. The zero-order valence-electron chi connectivity index (χ0n) is 16.4. The Morgan fingerprint density at radius 3 is 2.31 bits per heavy atom. The van der Waals surface area contributed by atoms with E-state index in [4.69, 9.17) is 14.9 Å². The van der Waals surface area contributed by atoms with Gasteiger partial charge < -0.3 is 14.9 Å². The largest absolute Gasteiger partial charge is 0.456 e. The first-order chi connectivity index (χ1) is 12.0. The van der Waals surface area contributed by atoms with Gasteiger partial charge in [0, 0.05) is 6.04 Å². The van der Waals surface area contributed by atoms with Crippen LogP contribution in [-0.2, 0) is 10.0 Å². The van der Waals surface area contributed by atoms with E-state index in [0.29, 0.717) is 9.76 Å². The standard InChI is InChI=1S/C21H28BrNO2Si/c1-14(23)15-10-11-19(18(22)12-15)24-17-9-7-8-16(13-17)21(5,6)25-26-20(2,3)4/h7-14H,23H2,1-6H3. The molecule has 2 radical (unpaired) electrons. The second kappa shape index (κ2) is 8.25. The summed E-state index contributed by atoms with van der Waals surface area (Å²) in [4.78, 5) is 0. The highest BCUT2D eigenvalue weighted by Gasteiger charge is 2.25. The lowest BCUT2D eigenvalue weighted by Gasteiger charge is -2.30. The Morgan fingerprint density at radius 1 is 1.04 bits per heavy atom. The van der Waals surface area contributed by atoms with E-state index >= 15 is 0 Å². The third kappa shape index (κ3) is 5.95. The first-order valence-electron chi connectivity index (χ1n) is 8.76. The molecule has 0 saturated carbocycles. The molecule has 2 aromatic carbocycles. The third-order valence-corrected chi connectivity index (χ3v) is 5.70. The van der Waals surface area contributed by atoms with Gasteiger partial charge in [0.25, 0.3) is 0 Å². The number of hydrogen-bond donors (Lipinski definition) is 1. The molecule has 2 rings (SSSR count). The van der Waals surface area contributed by atoms with Crippen molar-refractivity contribution in [1.29, 1.82) is 0 Å². The lowest BCUT2D eigenvalue weighted by Crippen LogP contribution is -2.27. The van der Waals surface area contributed by atoms with Crippen molar-refractivity contribution in [2.45, 2.75) is 58.2 Å². The van der Waals surface area contributed by atoms with Crippen LogP contribution in [-0.4, -0.2) is 9.76 Å². The number of halogens is 1. The number of nitrogens with two attached hydrogens (primary N) is 1. The summed E-state index contributed by atoms with van der Waals surface area (Å²) in [6.45, 7) is 12.7. The zero-order chi connectivity index (χ0) is 19.5. The van der Waals surface area contributed by atoms with Crippen LogP contribution in [0.25, 0.3) is 0 Å². The van der Waals surface area contributed by atoms with Gasteiger partial charge in [-0.25, -0.2) is 0 Å². The molecule has 2 N–H and O–H groups in total. The molecular weight excluding hydrogens is 406 g/mol. The number of hydrogen-bond acceptors (Lipinski definition) is 3. The summed E-state index contributed by atoms with van der Waals surface area (Å²) in [6, 6.07) is 14.0. The van der Waals surface area contributed by atoms with Crippen molar-refractivity contribution < 1.29 is 9.16 Å². The van der Waals surface area contributed by atoms with Crippen molar-refractivity contribution in [3.8, 4) is 11.5 Å². The average Bonchev–Trinajstić information content (AvgIpc) is 2.54. The van der Waals surface area contributed by atoms with Gasteiger partial charge in [-0.15, -0.1) is 0 Å². The van der Waals surface area contributed by atoms with Gasteiger partial charge in [0.2, 0.25) is 9.76 Å². The maximum Gasteiger partial charge on any atom is 0.236 e. The van der Waals surface area contributed by atoms with Crippen LogP contribution in [0.3, 0.4) is 0 Å². The molecule has 5 heteroatoms. The summed E-state index contributed by atoms with van der Waals surface area (Å²) in [5, 5.41) is 0.151. The molecule has 2 aromatic rings. The fourth-order valence-corrected chi connectivity index (χ4v) is 3.44. The van der Waals surface area contributed by atoms with E-state index in [1.165, 1.54) is 0 Å². The SMILES string of the molecule is CC(N)c1ccc(Oc2cccc(C(C)(C)O[Si]C(C)(C)C)c2)c(Br)c1. The molecule has 0 aliphatic heterocycles. The minimum atomic E-state index is -0.374. The van der Waals surface area contributed by atoms with Gasteiger partial charge >= 0.3 is 0 Å². The Kier molecular flexibility index (Phi) is 6.72. The predicted molar refractivity (Wildman–Crippen MR) is 113 cm³/mol. The van der Waals surface area contributed by atoms with E-state index in [2.05, 4.69) is 56.6 Å². The first-order valence-corrected chi connectivity index (χ1v) is 10.5. The summed E-state index contributed by atoms with van der Waals surface area (Å²) in [5.41, 5.74) is 7.72. The molecule has 0 fully saturated rings. The van der Waals surface area contributed by atoms with Gasteiger partial charge in [-0.1, -0.05) is 39.0 Å². The minimum Gasteiger partial charge on any atom is -0.456 e. The minimum absolute atomic E-state index is 0.00900. The van der Waals surface area contributed by atoms with Crippen molar-refractivity contribution in [3.63, 3.8) is 0 Å². The van der Waals surface area contributed by atoms with E-state index in [-0.39, 0.29) is 16.7 Å². The Bertz CT molecular complexity index is 754. The molecule has 0 aliphatic carbocycles. The van der Waals surface area contributed by atoms with E-state index in [1.54, 1.807) is 0 Å². The molecule has 0 aliphatic rings. The van der Waals surface area contributed by atoms with Crippen molar-refractivity contribution in [1.82, 2.24) is 0 Å². The van der Waals surface area contributed by atoms with E-state index in [9.17, 15) is 0 Å². The van der Waals surface area contributed by atoms with Gasteiger partial charge in [0.1, 0.15) is 11.5 Å². The van der Waals surface area contributed by atoms with Gasteiger partial charge in [0.05, 0.1) is 10.1 Å². The fourth-order valence-electron chi connectivity index (χ4n) is 2.28. The Labute approximate surface area is 168 Å². The summed E-state index contributed by atoms with van der Waals surface area (Å²) in [6.07, 6.45) is 0. The number of benzene rings is 2. The van der Waals surface area contributed by atoms with E-state index in [0.717, 1.165) is 27.1 Å². The highest BCUT2D eigenvalue weighted by Crippen LogP contribution is 2.35. The summed E-state index contributed by atoms with van der Waals surface area (Å²) >= 11 is 3.57. The summed E-state index contributed by atoms with van der Waals surface area (Å²) in [7, 11) is 0.423. The number of rotatable bonds is 6. The Hall–Kier alpha value is -1.14. The topological polar surface area (TPSA) is 44.5 Å². The normalized spacial score (nSPS) is 13.5. The smallest absolute Gasteiger partial charge is 0.236 e. The lowest BCUT2D eigenvalue weighted by molar-refractivity contribution is 0.109. The summed E-state index contributed by atoms with van der Waals surface area (Å²) < 4.78 is 13.2. The molecule has 140 valence electrons. The molecule has 26 heavy (non-hydrogen) atoms. The predicted octanol–water partition coefficient (Wildman–Crippen LogP) is 6.35. The number of ether oxygens (including phenoxy) is 1. The molecule has 0 heterocycles. The molecule has 1 atom stereocenters. The Balaban J connectivity index is 2.19. The van der Waals surface area contributed by atoms with Gasteiger partial charge in [-0.05, 0) is 77.1 Å². The highest BCUT2D eigenvalue weighted by atomic mass is 79.9. The third-order valence-electron chi connectivity index (χ3n) is 3.85. The van der Waals surface area contributed by atoms with Gasteiger partial charge in [-0.2, -0.15) is 0 Å². The molecule has 0 amide bonds. The van der Waals surface area contributed by atoms with Crippen LogP contribution in [0.4, 0.5) is 0 Å². The first kappa shape index (κ1) is 21.2. The fraction of sp³-hybridized carbons (Fsp3) is 0.429. The summed E-state index contributed by atoms with van der Waals surface area (Å²) in [5.74, 6) is 1.55. The van der Waals surface area contributed by atoms with Crippen LogP contribution >= 0.6 is 15.9 Å². The molecule has 0 saturated heterocycles. The van der Waals surface area contributed by atoms with Crippen LogP contribution in [0.2, 0.25) is 5.04 Å². The van der Waals surface area contributed by atoms with Crippen LogP contribution in [0, 0.1) is 0 Å². The van der Waals surface area contributed by atoms with Crippen molar-refractivity contribution in [2.24, 2.45) is 5.73 Å². The van der Waals surface area contributed by atoms with E-state index < -0.39 is 0 Å². The van der Waals surface area contributed by atoms with Crippen LogP contribution in [0.15, 0.2) is 46.9 Å². The molecule has 0 aromatic heterocycles. The molecule has 3 nitrogen and oxygen atoms in total. The maximum absolute atomic E-state index is 6.20. The van der Waals surface area contributed by atoms with Gasteiger partial charge in [0.15, 0.2) is 0 Å². The monoisotopic (exact) mass is 433 g/mol. The van der Waals surface area contributed by atoms with Crippen molar-refractivity contribution in [3.05, 3.63) is 58.1 Å². The van der Waals surface area contributed by atoms with Crippen molar-refractivity contribution in [2.75, 3.05) is 0 Å². The zero-order valence-corrected chi connectivity index (χ0v) is 19.0. The second-order valence-corrected chi connectivity index (χ2v) is 10.8. The van der Waals surface area contributed by atoms with Gasteiger partial charge in [-0.3, -0.25) is 0 Å². The van der Waals surface area contributed by atoms with Crippen LogP contribution < -0.4 is 10.5 Å². The maximum atomic E-state index is 6.20. The lowest BCUT2D eigenvalue weighted by atomic mass is 9.98. The molecule has 0 spiro atoms. The molecule has 0 bridgehead atoms. The molecule has 1 unspecified atom stereocenters. The molecular formula is C21H28BrNO2Si. The Morgan fingerprint density at radius 2 is 1.73 bits per heavy atom. The quantitative estimate of drug-likeness (QED) is 0.539. The van der Waals surface area contributed by atoms with Crippen molar-refractivity contribution >= 4 is 25.7 Å².